The normalized spacial score (nSPS) is 13.6. The molecule has 0 rings (SSSR count). The van der Waals surface area contributed by atoms with Crippen LogP contribution in [-0.2, 0) is 9.59 Å². The fraction of sp³-hybridized carbons (Fsp3) is 0.833. The third-order valence-electron chi connectivity index (χ3n) is 5.45. The van der Waals surface area contributed by atoms with Crippen LogP contribution in [0.4, 0.5) is 0 Å². The van der Waals surface area contributed by atoms with Gasteiger partial charge in [-0.25, -0.2) is 0 Å². The molecule has 0 amide bonds. The van der Waals surface area contributed by atoms with Crippen LogP contribution >= 0.6 is 0 Å². The van der Waals surface area contributed by atoms with Crippen molar-refractivity contribution in [2.45, 2.75) is 128 Å². The van der Waals surface area contributed by atoms with Gasteiger partial charge < -0.3 is 16.6 Å². The van der Waals surface area contributed by atoms with Crippen molar-refractivity contribution in [2.24, 2.45) is 11.5 Å². The van der Waals surface area contributed by atoms with Crippen LogP contribution in [0.5, 0.6) is 0 Å². The molecular weight excluding hydrogens is 364 g/mol. The minimum Gasteiger partial charge on any atom is -0.480 e. The van der Waals surface area contributed by atoms with Crippen LogP contribution in [-0.4, -0.2) is 28.9 Å². The summed E-state index contributed by atoms with van der Waals surface area (Å²) in [6.07, 6.45) is 22.8. The van der Waals surface area contributed by atoms with Crippen molar-refractivity contribution in [3.63, 3.8) is 0 Å². The summed E-state index contributed by atoms with van der Waals surface area (Å²) < 4.78 is 0. The molecule has 0 aromatic carbocycles. The molecule has 0 aliphatic heterocycles. The lowest BCUT2D eigenvalue weighted by Crippen LogP contribution is -2.33. The zero-order chi connectivity index (χ0) is 21.7. The van der Waals surface area contributed by atoms with Gasteiger partial charge in [0.1, 0.15) is 11.8 Å². The molecule has 5 heteroatoms. The number of unbranched alkanes of at least 4 members (excludes halogenated alkanes) is 11. The topological polar surface area (TPSA) is 106 Å². The van der Waals surface area contributed by atoms with Crippen LogP contribution in [0.1, 0.15) is 116 Å². The number of carboxylic acids is 1. The third-order valence-corrected chi connectivity index (χ3v) is 5.45. The van der Waals surface area contributed by atoms with E-state index in [0.29, 0.717) is 25.7 Å². The minimum atomic E-state index is -1.00. The van der Waals surface area contributed by atoms with Gasteiger partial charge in [0.2, 0.25) is 0 Å². The molecule has 0 aromatic heterocycles. The number of nitrogens with two attached hydrogens (primary N) is 2. The maximum absolute atomic E-state index is 12.0. The number of carboxylic acid groups (broad SMARTS) is 1. The smallest absolute Gasteiger partial charge is 0.320 e. The lowest BCUT2D eigenvalue weighted by atomic mass is 9.99. The summed E-state index contributed by atoms with van der Waals surface area (Å²) >= 11 is 0. The van der Waals surface area contributed by atoms with E-state index in [9.17, 15) is 9.59 Å². The first-order chi connectivity index (χ1) is 14.0. The van der Waals surface area contributed by atoms with Crippen LogP contribution in [0, 0.1) is 0 Å². The Balaban J connectivity index is 3.43. The number of hydrogen-bond acceptors (Lipinski definition) is 4. The molecule has 0 aromatic rings. The van der Waals surface area contributed by atoms with Gasteiger partial charge in [0, 0.05) is 6.42 Å². The number of aliphatic carboxylic acids is 1. The van der Waals surface area contributed by atoms with Gasteiger partial charge in [-0.2, -0.15) is 0 Å². The average molecular weight is 411 g/mol. The molecule has 0 aliphatic carbocycles. The van der Waals surface area contributed by atoms with E-state index in [0.717, 1.165) is 19.3 Å². The first kappa shape index (κ1) is 27.8. The number of ketones is 1. The van der Waals surface area contributed by atoms with Crippen LogP contribution in [0.15, 0.2) is 12.2 Å². The molecule has 2 atom stereocenters. The van der Waals surface area contributed by atoms with Gasteiger partial charge in [-0.05, 0) is 51.4 Å². The van der Waals surface area contributed by atoms with Gasteiger partial charge in [-0.3, -0.25) is 9.59 Å². The van der Waals surface area contributed by atoms with E-state index in [1.807, 2.05) is 0 Å². The van der Waals surface area contributed by atoms with Gasteiger partial charge in [0.05, 0.1) is 6.04 Å². The fourth-order valence-corrected chi connectivity index (χ4v) is 3.40. The number of allylic oxidation sites excluding steroid dienone is 2. The third kappa shape index (κ3) is 18.6. The number of rotatable bonds is 21. The molecule has 0 radical (unpaired) electrons. The maximum Gasteiger partial charge on any atom is 0.320 e. The summed E-state index contributed by atoms with van der Waals surface area (Å²) in [5, 5.41) is 8.73. The summed E-state index contributed by atoms with van der Waals surface area (Å²) in [6, 6.07) is -1.34. The van der Waals surface area contributed by atoms with Crippen LogP contribution in [0.3, 0.4) is 0 Å². The summed E-state index contributed by atoms with van der Waals surface area (Å²) in [4.78, 5) is 22.7. The van der Waals surface area contributed by atoms with Crippen molar-refractivity contribution in [1.29, 1.82) is 0 Å². The van der Waals surface area contributed by atoms with Gasteiger partial charge in [0.25, 0.3) is 0 Å². The Labute approximate surface area is 178 Å². The van der Waals surface area contributed by atoms with Crippen molar-refractivity contribution in [2.75, 3.05) is 0 Å². The molecule has 0 saturated heterocycles. The quantitative estimate of drug-likeness (QED) is 0.171. The van der Waals surface area contributed by atoms with Crippen molar-refractivity contribution in [3.8, 4) is 0 Å². The van der Waals surface area contributed by atoms with Gasteiger partial charge in [-0.1, -0.05) is 70.4 Å². The van der Waals surface area contributed by atoms with E-state index in [-0.39, 0.29) is 5.78 Å². The molecule has 0 fully saturated rings. The van der Waals surface area contributed by atoms with E-state index in [1.54, 1.807) is 0 Å². The Morgan fingerprint density at radius 3 is 1.76 bits per heavy atom. The second-order valence-corrected chi connectivity index (χ2v) is 8.28. The molecule has 29 heavy (non-hydrogen) atoms. The van der Waals surface area contributed by atoms with E-state index >= 15 is 0 Å². The summed E-state index contributed by atoms with van der Waals surface area (Å²) in [5.74, 6) is -0.912. The van der Waals surface area contributed by atoms with Crippen LogP contribution < -0.4 is 11.5 Å². The monoisotopic (exact) mass is 410 g/mol. The van der Waals surface area contributed by atoms with Crippen molar-refractivity contribution >= 4 is 11.8 Å². The van der Waals surface area contributed by atoms with E-state index < -0.39 is 18.1 Å². The Morgan fingerprint density at radius 2 is 1.21 bits per heavy atom. The van der Waals surface area contributed by atoms with Gasteiger partial charge in [-0.15, -0.1) is 0 Å². The van der Waals surface area contributed by atoms with E-state index in [2.05, 4.69) is 19.1 Å². The molecule has 170 valence electrons. The Kier molecular flexibility index (Phi) is 19.3. The second-order valence-electron chi connectivity index (χ2n) is 8.28. The SMILES string of the molecule is CCCCCCCC/C=C\CCCCCCCC(=O)C(N)CCC[C@H](N)C(=O)O. The standard InChI is InChI=1S/C24H46N2O3/c1-2-3-4-5-6-7-8-9-10-11-12-13-14-15-16-20-23(27)21(25)18-17-19-22(26)24(28)29/h9-10,21-22H,2-8,11-20,25-26H2,1H3,(H,28,29)/b10-9-/t21?,22-/m0/s1. The maximum atomic E-state index is 12.0. The fourth-order valence-electron chi connectivity index (χ4n) is 3.40. The Morgan fingerprint density at radius 1 is 0.724 bits per heavy atom. The summed E-state index contributed by atoms with van der Waals surface area (Å²) in [6.45, 7) is 2.25. The molecule has 0 bridgehead atoms. The summed E-state index contributed by atoms with van der Waals surface area (Å²) in [7, 11) is 0. The minimum absolute atomic E-state index is 0.0894. The largest absolute Gasteiger partial charge is 0.480 e. The first-order valence-corrected chi connectivity index (χ1v) is 11.9. The molecule has 0 aliphatic rings. The summed E-state index contributed by atoms with van der Waals surface area (Å²) in [5.41, 5.74) is 11.3. The number of hydrogen-bond donors (Lipinski definition) is 3. The van der Waals surface area contributed by atoms with Crippen molar-refractivity contribution in [3.05, 3.63) is 12.2 Å². The number of carbonyl (C=O) groups is 2. The van der Waals surface area contributed by atoms with Crippen LogP contribution in [0.2, 0.25) is 0 Å². The molecule has 5 nitrogen and oxygen atoms in total. The number of Topliss-reactive ketones (excluding diaryl/α,β-unsaturated/α-hetero) is 1. The van der Waals surface area contributed by atoms with Gasteiger partial charge >= 0.3 is 5.97 Å². The molecule has 5 N–H and O–H groups in total. The molecule has 1 unspecified atom stereocenters. The lowest BCUT2D eigenvalue weighted by Gasteiger charge is -2.11. The Bertz CT molecular complexity index is 438. The van der Waals surface area contributed by atoms with Crippen LogP contribution in [0.25, 0.3) is 0 Å². The highest BCUT2D eigenvalue weighted by Crippen LogP contribution is 2.11. The highest BCUT2D eigenvalue weighted by Gasteiger charge is 2.15. The lowest BCUT2D eigenvalue weighted by molar-refractivity contribution is -0.138. The van der Waals surface area contributed by atoms with Crippen molar-refractivity contribution < 1.29 is 14.7 Å². The first-order valence-electron chi connectivity index (χ1n) is 11.9. The zero-order valence-electron chi connectivity index (χ0n) is 18.7. The predicted octanol–water partition coefficient (Wildman–Crippen LogP) is 5.50. The average Bonchev–Trinajstić information content (AvgIpc) is 2.70. The number of carbonyl (C=O) groups excluding carboxylic acids is 1. The highest BCUT2D eigenvalue weighted by atomic mass is 16.4. The van der Waals surface area contributed by atoms with Crippen molar-refractivity contribution in [1.82, 2.24) is 0 Å². The zero-order valence-corrected chi connectivity index (χ0v) is 18.7. The van der Waals surface area contributed by atoms with Gasteiger partial charge in [0.15, 0.2) is 0 Å². The highest BCUT2D eigenvalue weighted by molar-refractivity contribution is 5.83. The van der Waals surface area contributed by atoms with E-state index in [1.165, 1.54) is 64.2 Å². The van der Waals surface area contributed by atoms with E-state index in [4.69, 9.17) is 16.6 Å². The molecule has 0 heterocycles. The second kappa shape index (κ2) is 20.1. The molecule has 0 saturated carbocycles. The molecule has 0 spiro atoms. The predicted molar refractivity (Wildman–Crippen MR) is 122 cm³/mol. The Hall–Kier alpha value is -1.20. The molecular formula is C24H46N2O3.